The van der Waals surface area contributed by atoms with Gasteiger partial charge in [0, 0.05) is 0 Å². The Labute approximate surface area is 490 Å². The molecule has 0 radical (unpaired) electrons. The molecule has 0 saturated heterocycles. The van der Waals surface area contributed by atoms with E-state index in [-0.39, 0.29) is 29.3 Å². The molecule has 0 unspecified atom stereocenters. The van der Waals surface area contributed by atoms with Crippen LogP contribution in [0.1, 0.15) is 334 Å². The van der Waals surface area contributed by atoms with Gasteiger partial charge in [0.15, 0.2) is 0 Å². The first kappa shape index (κ1) is 75.5. The fourth-order valence-electron chi connectivity index (χ4n) is 10.4. The molecule has 8 nitrogen and oxygen atoms in total. The summed E-state index contributed by atoms with van der Waals surface area (Å²) in [4.78, 5) is -0.162. The number of unbranched alkanes of at least 4 members (excludes halogenated alkanes) is 42. The maximum atomic E-state index is 11.8. The molecule has 11 heteroatoms. The van der Waals surface area contributed by atoms with Crippen molar-refractivity contribution in [2.24, 2.45) is 0 Å². The van der Waals surface area contributed by atoms with Gasteiger partial charge in [0.05, 0.1) is 23.0 Å². The molecule has 0 spiro atoms. The number of rotatable bonds is 54. The van der Waals surface area contributed by atoms with E-state index >= 15 is 0 Å². The molecular formula is C66H118O8S2Zn. The van der Waals surface area contributed by atoms with Crippen molar-refractivity contribution in [1.82, 2.24) is 0 Å². The molecule has 2 aromatic carbocycles. The summed E-state index contributed by atoms with van der Waals surface area (Å²) < 4.78 is 82.4. The molecule has 2 aromatic rings. The summed E-state index contributed by atoms with van der Waals surface area (Å²) in [6.45, 7) is 10.3. The molecular weight excluding hydrogens is 1050 g/mol. The number of ether oxygens (including phenoxy) is 2. The first-order valence-corrected chi connectivity index (χ1v) is 35.2. The molecule has 2 rings (SSSR count). The second-order valence-corrected chi connectivity index (χ2v) is 25.2. The first-order valence-electron chi connectivity index (χ1n) is 32.4. The Morgan fingerprint density at radius 3 is 0.701 bits per heavy atom. The quantitative estimate of drug-likeness (QED) is 0.0363. The van der Waals surface area contributed by atoms with E-state index in [0.29, 0.717) is 48.7 Å². The Hall–Kier alpha value is -1.52. The molecule has 0 bridgehead atoms. The zero-order chi connectivity index (χ0) is 55.5. The molecule has 0 aromatic heterocycles. The molecule has 0 fully saturated rings. The Kier molecular flexibility index (Phi) is 52.7. The van der Waals surface area contributed by atoms with Gasteiger partial charge in [-0.25, -0.2) is 16.8 Å². The fraction of sp³-hybridized carbons (Fsp3) is 0.818. The predicted molar refractivity (Wildman–Crippen MR) is 322 cm³/mol. The Morgan fingerprint density at radius 2 is 0.494 bits per heavy atom. The second-order valence-electron chi connectivity index (χ2n) is 22.5. The van der Waals surface area contributed by atoms with Gasteiger partial charge in [-0.1, -0.05) is 297 Å². The van der Waals surface area contributed by atoms with Gasteiger partial charge in [-0.2, -0.15) is 0 Å². The van der Waals surface area contributed by atoms with Crippen LogP contribution in [-0.4, -0.2) is 39.2 Å². The molecule has 0 saturated carbocycles. The average Bonchev–Trinajstić information content (AvgIpc) is 3.39. The normalized spacial score (nSPS) is 11.6. The van der Waals surface area contributed by atoms with Gasteiger partial charge in [0.25, 0.3) is 0 Å². The predicted octanol–water partition coefficient (Wildman–Crippen LogP) is 21.0. The van der Waals surface area contributed by atoms with E-state index in [2.05, 4.69) is 27.7 Å². The van der Waals surface area contributed by atoms with Crippen LogP contribution in [0.25, 0.3) is 0 Å². The van der Waals surface area contributed by atoms with Crippen LogP contribution in [0.3, 0.4) is 0 Å². The summed E-state index contributed by atoms with van der Waals surface area (Å²) in [6.07, 6.45) is 60.0. The Morgan fingerprint density at radius 1 is 0.299 bits per heavy atom. The minimum Gasteiger partial charge on any atom is -0.744 e. The van der Waals surface area contributed by atoms with Crippen molar-refractivity contribution < 1.29 is 54.9 Å². The number of hydrogen-bond acceptors (Lipinski definition) is 8. The first-order chi connectivity index (χ1) is 37.0. The third-order valence-electron chi connectivity index (χ3n) is 15.2. The Bertz CT molecular complexity index is 1690. The SMILES string of the molecule is CCCCCCCCCCCCCCCc1cc(OCCCCCCCCCCCC)ccc1S(=O)(=O)[O-].CCCCCCCCCCCCCCCc1cc(OCCCCCCCCCCCC)ccc1S(=O)(=O)[O-].[Zn+2]. The van der Waals surface area contributed by atoms with Crippen LogP contribution in [-0.2, 0) is 52.6 Å². The zero-order valence-electron chi connectivity index (χ0n) is 50.6. The van der Waals surface area contributed by atoms with Crippen LogP contribution in [0.5, 0.6) is 11.5 Å². The number of aryl methyl sites for hydroxylation is 2. The van der Waals surface area contributed by atoms with Crippen molar-refractivity contribution in [2.45, 2.75) is 346 Å². The van der Waals surface area contributed by atoms with Gasteiger partial charge in [0.1, 0.15) is 31.7 Å². The Balaban J connectivity index is 0.00000148. The molecule has 0 N–H and O–H groups in total. The van der Waals surface area contributed by atoms with E-state index in [4.69, 9.17) is 9.47 Å². The van der Waals surface area contributed by atoms with E-state index in [1.54, 1.807) is 24.3 Å². The zero-order valence-corrected chi connectivity index (χ0v) is 55.2. The molecule has 0 aliphatic heterocycles. The van der Waals surface area contributed by atoms with Gasteiger partial charge in [-0.05, 0) is 86.1 Å². The van der Waals surface area contributed by atoms with Gasteiger partial charge in [-0.3, -0.25) is 0 Å². The monoisotopic (exact) mass is 1170 g/mol. The van der Waals surface area contributed by atoms with E-state index < -0.39 is 20.2 Å². The van der Waals surface area contributed by atoms with Gasteiger partial charge < -0.3 is 18.6 Å². The van der Waals surface area contributed by atoms with Gasteiger partial charge in [0.2, 0.25) is 0 Å². The molecule has 0 heterocycles. The van der Waals surface area contributed by atoms with Crippen molar-refractivity contribution in [1.29, 1.82) is 0 Å². The summed E-state index contributed by atoms with van der Waals surface area (Å²) in [6, 6.07) is 9.70. The molecule has 0 aliphatic carbocycles. The molecule has 0 aliphatic rings. The largest absolute Gasteiger partial charge is 2.00 e. The van der Waals surface area contributed by atoms with Crippen molar-refractivity contribution >= 4 is 20.2 Å². The fourth-order valence-corrected chi connectivity index (χ4v) is 11.8. The summed E-state index contributed by atoms with van der Waals surface area (Å²) >= 11 is 0. The molecule has 77 heavy (non-hydrogen) atoms. The van der Waals surface area contributed by atoms with Crippen LogP contribution >= 0.6 is 0 Å². The molecule has 444 valence electrons. The topological polar surface area (TPSA) is 133 Å². The van der Waals surface area contributed by atoms with Crippen LogP contribution in [0.4, 0.5) is 0 Å². The van der Waals surface area contributed by atoms with Crippen LogP contribution in [0.2, 0.25) is 0 Å². The summed E-state index contributed by atoms with van der Waals surface area (Å²) in [5.41, 5.74) is 1.23. The van der Waals surface area contributed by atoms with Gasteiger partial charge in [-0.15, -0.1) is 0 Å². The molecule has 0 atom stereocenters. The number of hydrogen-bond donors (Lipinski definition) is 0. The van der Waals surface area contributed by atoms with Crippen LogP contribution < -0.4 is 9.47 Å². The van der Waals surface area contributed by atoms with Crippen molar-refractivity contribution in [2.75, 3.05) is 13.2 Å². The average molecular weight is 1170 g/mol. The van der Waals surface area contributed by atoms with E-state index in [9.17, 15) is 25.9 Å². The maximum absolute atomic E-state index is 11.8. The summed E-state index contributed by atoms with van der Waals surface area (Å²) in [5.74, 6) is 1.36. The minimum absolute atomic E-state index is 0. The van der Waals surface area contributed by atoms with Crippen molar-refractivity contribution in [3.05, 3.63) is 47.5 Å². The standard InChI is InChI=1S/2C33H60O4S.Zn/c2*1-3-5-7-9-11-13-15-16-17-18-20-22-24-26-31-30-32(27-28-33(31)38(34,35)36)37-29-25-23-21-19-14-12-10-8-6-4-2;/h2*27-28,30H,3-26,29H2,1-2H3,(H,34,35,36);/q;;+2/p-2. The second kappa shape index (κ2) is 53.8. The minimum atomic E-state index is -4.47. The van der Waals surface area contributed by atoms with Crippen LogP contribution in [0.15, 0.2) is 46.2 Å². The van der Waals surface area contributed by atoms with E-state index in [1.165, 1.54) is 256 Å². The third-order valence-corrected chi connectivity index (χ3v) is 17.1. The van der Waals surface area contributed by atoms with Crippen molar-refractivity contribution in [3.63, 3.8) is 0 Å². The van der Waals surface area contributed by atoms with Crippen molar-refractivity contribution in [3.8, 4) is 11.5 Å². The summed E-state index contributed by atoms with van der Waals surface area (Å²) in [5, 5.41) is 0. The van der Waals surface area contributed by atoms with Crippen LogP contribution in [0, 0.1) is 0 Å². The smallest absolute Gasteiger partial charge is 0.744 e. The summed E-state index contributed by atoms with van der Waals surface area (Å²) in [7, 11) is -8.94. The van der Waals surface area contributed by atoms with E-state index in [1.807, 2.05) is 0 Å². The molecule has 0 amide bonds. The maximum Gasteiger partial charge on any atom is 2.00 e. The third kappa shape index (κ3) is 45.8. The van der Waals surface area contributed by atoms with E-state index in [0.717, 1.165) is 51.4 Å². The van der Waals surface area contributed by atoms with Gasteiger partial charge >= 0.3 is 19.5 Å². The number of benzene rings is 2.